The summed E-state index contributed by atoms with van der Waals surface area (Å²) < 4.78 is 6.51. The molecule has 1 heterocycles. The second-order valence-corrected chi connectivity index (χ2v) is 6.23. The summed E-state index contributed by atoms with van der Waals surface area (Å²) in [5.74, 6) is -0.916. The van der Waals surface area contributed by atoms with Crippen molar-refractivity contribution >= 4 is 21.9 Å². The summed E-state index contributed by atoms with van der Waals surface area (Å²) in [5.41, 5.74) is 2.15. The number of carbonyl (C=O) groups is 1. The molecule has 1 N–H and O–H groups in total. The van der Waals surface area contributed by atoms with E-state index >= 15 is 0 Å². The van der Waals surface area contributed by atoms with Crippen molar-refractivity contribution < 1.29 is 14.6 Å². The predicted molar refractivity (Wildman–Crippen MR) is 76.1 cm³/mol. The zero-order valence-electron chi connectivity index (χ0n) is 11.1. The fraction of sp³-hybridized carbons (Fsp3) is 0.500. The van der Waals surface area contributed by atoms with Crippen molar-refractivity contribution in [1.29, 1.82) is 0 Å². The molecule has 0 saturated carbocycles. The third kappa shape index (κ3) is 3.78. The Bertz CT molecular complexity index is 484. The van der Waals surface area contributed by atoms with Gasteiger partial charge < -0.3 is 9.84 Å². The molecule has 0 aromatic heterocycles. The highest BCUT2D eigenvalue weighted by molar-refractivity contribution is 9.10. The molecule has 4 nitrogen and oxygen atoms in total. The quantitative estimate of drug-likeness (QED) is 0.902. The minimum absolute atomic E-state index is 0.224. The summed E-state index contributed by atoms with van der Waals surface area (Å²) in [6.07, 6.45) is 0. The van der Waals surface area contributed by atoms with Gasteiger partial charge in [0.25, 0.3) is 0 Å². The number of likely N-dealkylation sites (tertiary alicyclic amines) is 1. The Kier molecular flexibility index (Phi) is 4.28. The zero-order chi connectivity index (χ0) is 14.0. The number of rotatable bonds is 5. The maximum absolute atomic E-state index is 10.5. The molecule has 0 radical (unpaired) electrons. The van der Waals surface area contributed by atoms with Crippen molar-refractivity contribution in [2.75, 3.05) is 19.7 Å². The largest absolute Gasteiger partial charge is 0.480 e. The first-order chi connectivity index (χ1) is 8.88. The summed E-state index contributed by atoms with van der Waals surface area (Å²) in [5, 5.41) is 8.62. The van der Waals surface area contributed by atoms with E-state index in [-0.39, 0.29) is 12.2 Å². The van der Waals surface area contributed by atoms with Crippen molar-refractivity contribution in [3.63, 3.8) is 0 Å². The number of benzene rings is 1. The normalized spacial score (nSPS) is 18.1. The van der Waals surface area contributed by atoms with Crippen LogP contribution >= 0.6 is 15.9 Å². The minimum atomic E-state index is -0.916. The predicted octanol–water partition coefficient (Wildman–Crippen LogP) is 2.43. The van der Waals surface area contributed by atoms with Crippen LogP contribution < -0.4 is 0 Å². The number of carboxylic acids is 1. The standard InChI is InChI=1S/C14H18BrNO3/c1-10-3-4-11(12(15)5-10)6-16-8-14(2,9-16)19-7-13(17)18/h3-5H,6-9H2,1-2H3,(H,17,18). The van der Waals surface area contributed by atoms with Crippen LogP contribution in [0.15, 0.2) is 22.7 Å². The number of nitrogens with zero attached hydrogens (tertiary/aromatic N) is 1. The SMILES string of the molecule is Cc1ccc(CN2CC(C)(OCC(=O)O)C2)c(Br)c1. The van der Waals surface area contributed by atoms with Gasteiger partial charge in [-0.05, 0) is 31.0 Å². The maximum atomic E-state index is 10.5. The average Bonchev–Trinajstić information content (AvgIpc) is 2.28. The smallest absolute Gasteiger partial charge is 0.329 e. The Morgan fingerprint density at radius 3 is 2.79 bits per heavy atom. The Hall–Kier alpha value is -0.910. The lowest BCUT2D eigenvalue weighted by atomic mass is 9.95. The molecular weight excluding hydrogens is 310 g/mol. The molecule has 104 valence electrons. The molecule has 2 rings (SSSR count). The van der Waals surface area contributed by atoms with Crippen molar-refractivity contribution in [2.45, 2.75) is 26.0 Å². The summed E-state index contributed by atoms with van der Waals surface area (Å²) >= 11 is 3.57. The van der Waals surface area contributed by atoms with E-state index in [1.54, 1.807) is 0 Å². The molecule has 1 aromatic rings. The monoisotopic (exact) mass is 327 g/mol. The third-order valence-corrected chi connectivity index (χ3v) is 4.00. The molecule has 1 aliphatic heterocycles. The van der Waals surface area contributed by atoms with Gasteiger partial charge >= 0.3 is 5.97 Å². The molecular formula is C14H18BrNO3. The minimum Gasteiger partial charge on any atom is -0.480 e. The number of hydrogen-bond acceptors (Lipinski definition) is 3. The number of carboxylic acid groups (broad SMARTS) is 1. The van der Waals surface area contributed by atoms with Crippen LogP contribution in [0, 0.1) is 6.92 Å². The summed E-state index contributed by atoms with van der Waals surface area (Å²) in [6, 6.07) is 6.32. The Morgan fingerprint density at radius 2 is 2.21 bits per heavy atom. The van der Waals surface area contributed by atoms with E-state index in [0.29, 0.717) is 0 Å². The van der Waals surface area contributed by atoms with Crippen molar-refractivity contribution in [3.8, 4) is 0 Å². The van der Waals surface area contributed by atoms with Crippen LogP contribution in [0.25, 0.3) is 0 Å². The van der Waals surface area contributed by atoms with Gasteiger partial charge in [-0.1, -0.05) is 28.1 Å². The topological polar surface area (TPSA) is 49.8 Å². The second-order valence-electron chi connectivity index (χ2n) is 5.37. The van der Waals surface area contributed by atoms with Gasteiger partial charge in [0, 0.05) is 24.1 Å². The molecule has 1 aliphatic rings. The molecule has 0 spiro atoms. The first-order valence-corrected chi connectivity index (χ1v) is 7.00. The molecule has 0 bridgehead atoms. The van der Waals surface area contributed by atoms with Gasteiger partial charge in [-0.2, -0.15) is 0 Å². The van der Waals surface area contributed by atoms with Crippen LogP contribution in [0.3, 0.4) is 0 Å². The Morgan fingerprint density at radius 1 is 1.53 bits per heavy atom. The van der Waals surface area contributed by atoms with Crippen molar-refractivity contribution in [2.24, 2.45) is 0 Å². The highest BCUT2D eigenvalue weighted by Crippen LogP contribution is 2.28. The van der Waals surface area contributed by atoms with E-state index in [2.05, 4.69) is 46.0 Å². The average molecular weight is 328 g/mol. The Balaban J connectivity index is 1.85. The Labute approximate surface area is 121 Å². The third-order valence-electron chi connectivity index (χ3n) is 3.26. The van der Waals surface area contributed by atoms with Gasteiger partial charge in [0.15, 0.2) is 0 Å². The van der Waals surface area contributed by atoms with Crippen molar-refractivity contribution in [3.05, 3.63) is 33.8 Å². The number of hydrogen-bond donors (Lipinski definition) is 1. The first-order valence-electron chi connectivity index (χ1n) is 6.21. The van der Waals surface area contributed by atoms with Crippen LogP contribution in [0.1, 0.15) is 18.1 Å². The summed E-state index contributed by atoms with van der Waals surface area (Å²) in [7, 11) is 0. The van der Waals surface area contributed by atoms with Gasteiger partial charge in [0.2, 0.25) is 0 Å². The van der Waals surface area contributed by atoms with Crippen LogP contribution in [0.5, 0.6) is 0 Å². The molecule has 5 heteroatoms. The fourth-order valence-corrected chi connectivity index (χ4v) is 2.98. The zero-order valence-corrected chi connectivity index (χ0v) is 12.7. The molecule has 0 unspecified atom stereocenters. The summed E-state index contributed by atoms with van der Waals surface area (Å²) in [4.78, 5) is 12.7. The molecule has 1 aromatic carbocycles. The van der Waals surface area contributed by atoms with Gasteiger partial charge in [0.05, 0.1) is 5.60 Å². The molecule has 0 atom stereocenters. The van der Waals surface area contributed by atoms with Gasteiger partial charge in [0.1, 0.15) is 6.61 Å². The van der Waals surface area contributed by atoms with E-state index in [0.717, 1.165) is 24.1 Å². The van der Waals surface area contributed by atoms with Crippen LogP contribution in [-0.4, -0.2) is 41.3 Å². The molecule has 1 saturated heterocycles. The maximum Gasteiger partial charge on any atom is 0.329 e. The lowest BCUT2D eigenvalue weighted by molar-refractivity contribution is -0.165. The highest BCUT2D eigenvalue weighted by atomic mass is 79.9. The highest BCUT2D eigenvalue weighted by Gasteiger charge is 2.40. The van der Waals surface area contributed by atoms with Gasteiger partial charge in [-0.3, -0.25) is 4.90 Å². The lowest BCUT2D eigenvalue weighted by Gasteiger charge is -2.47. The first kappa shape index (κ1) is 14.5. The molecule has 0 amide bonds. The number of aliphatic carboxylic acids is 1. The van der Waals surface area contributed by atoms with Gasteiger partial charge in [-0.25, -0.2) is 4.79 Å². The van der Waals surface area contributed by atoms with Gasteiger partial charge in [-0.15, -0.1) is 0 Å². The van der Waals surface area contributed by atoms with E-state index in [4.69, 9.17) is 9.84 Å². The lowest BCUT2D eigenvalue weighted by Crippen LogP contribution is -2.61. The second kappa shape index (κ2) is 5.61. The molecule has 0 aliphatic carbocycles. The molecule has 19 heavy (non-hydrogen) atoms. The van der Waals surface area contributed by atoms with Crippen molar-refractivity contribution in [1.82, 2.24) is 4.90 Å². The van der Waals surface area contributed by atoms with E-state index in [1.807, 2.05) is 6.92 Å². The van der Waals surface area contributed by atoms with Crippen LogP contribution in [-0.2, 0) is 16.1 Å². The fourth-order valence-electron chi connectivity index (χ4n) is 2.36. The number of halogens is 1. The van der Waals surface area contributed by atoms with E-state index < -0.39 is 5.97 Å². The van der Waals surface area contributed by atoms with E-state index in [1.165, 1.54) is 11.1 Å². The van der Waals surface area contributed by atoms with Crippen LogP contribution in [0.4, 0.5) is 0 Å². The summed E-state index contributed by atoms with van der Waals surface area (Å²) in [6.45, 7) is 6.18. The molecule has 1 fully saturated rings. The van der Waals surface area contributed by atoms with Crippen LogP contribution in [0.2, 0.25) is 0 Å². The number of ether oxygens (including phenoxy) is 1. The number of aryl methyl sites for hydroxylation is 1. The van der Waals surface area contributed by atoms with E-state index in [9.17, 15) is 4.79 Å².